The summed E-state index contributed by atoms with van der Waals surface area (Å²) in [6.45, 7) is -0.315. The number of rotatable bonds is 8. The molecule has 0 radical (unpaired) electrons. The molecule has 12 heteroatoms. The third-order valence-electron chi connectivity index (χ3n) is 8.81. The fourth-order valence-electron chi connectivity index (χ4n) is 6.92. The standard InChI is InChI=1S/C32H32B2N2O8/c37-18-21-15-25-30(32(40)36(31(25)39)23-7-4-6-22(16-23)34(42)43)26-17-33(41)44-28(29(21)26)11-10-20(27-9-1-2-12-35-27)13-19-5-3-8-24(38)14-19/h1-9,12-14,16,25-26,28,30,37-38,41-43H,10-11,15,17-18H2/b20-13-/t25-,26+,28-,30-/m1/s1. The van der Waals surface area contributed by atoms with Crippen LogP contribution < -0.4 is 10.4 Å². The summed E-state index contributed by atoms with van der Waals surface area (Å²) in [4.78, 5) is 33.2. The van der Waals surface area contributed by atoms with Gasteiger partial charge >= 0.3 is 14.2 Å². The van der Waals surface area contributed by atoms with Crippen molar-refractivity contribution in [3.8, 4) is 5.75 Å². The lowest BCUT2D eigenvalue weighted by Gasteiger charge is -2.42. The molecule has 2 amide bonds. The summed E-state index contributed by atoms with van der Waals surface area (Å²) in [6, 6.07) is 18.5. The Kier molecular flexibility index (Phi) is 8.53. The quantitative estimate of drug-likeness (QED) is 0.149. The number of fused-ring (bicyclic) bond motifs is 3. The number of phenols is 1. The maximum Gasteiger partial charge on any atom is 0.488 e. The highest BCUT2D eigenvalue weighted by atomic mass is 16.5. The molecule has 5 N–H and O–H groups in total. The second-order valence-electron chi connectivity index (χ2n) is 11.5. The van der Waals surface area contributed by atoms with Crippen LogP contribution in [0.1, 0.15) is 30.5 Å². The number of amides is 2. The van der Waals surface area contributed by atoms with Crippen molar-refractivity contribution in [2.45, 2.75) is 31.7 Å². The predicted molar refractivity (Wildman–Crippen MR) is 165 cm³/mol. The number of hydrogen-bond acceptors (Lipinski definition) is 9. The Bertz CT molecular complexity index is 1630. The number of aliphatic hydroxyl groups is 1. The van der Waals surface area contributed by atoms with Crippen LogP contribution in [-0.4, -0.2) is 69.0 Å². The molecular weight excluding hydrogens is 562 g/mol. The van der Waals surface area contributed by atoms with Gasteiger partial charge in [0.25, 0.3) is 0 Å². The zero-order valence-electron chi connectivity index (χ0n) is 23.9. The molecule has 4 atom stereocenters. The van der Waals surface area contributed by atoms with Crippen molar-refractivity contribution < 1.29 is 39.5 Å². The molecule has 2 fully saturated rings. The van der Waals surface area contributed by atoms with Crippen molar-refractivity contribution in [2.24, 2.45) is 17.8 Å². The average Bonchev–Trinajstić information content (AvgIpc) is 3.28. The summed E-state index contributed by atoms with van der Waals surface area (Å²) >= 11 is 0. The minimum absolute atomic E-state index is 0.102. The van der Waals surface area contributed by atoms with E-state index in [0.29, 0.717) is 18.4 Å². The van der Waals surface area contributed by atoms with E-state index in [9.17, 15) is 34.9 Å². The lowest BCUT2D eigenvalue weighted by molar-refractivity contribution is -0.122. The number of phenolic OH excluding ortho intramolecular Hbond substituents is 1. The fourth-order valence-corrected chi connectivity index (χ4v) is 6.92. The van der Waals surface area contributed by atoms with Crippen LogP contribution in [0.15, 0.2) is 84.1 Å². The van der Waals surface area contributed by atoms with Crippen LogP contribution in [0, 0.1) is 17.8 Å². The van der Waals surface area contributed by atoms with Crippen molar-refractivity contribution in [2.75, 3.05) is 11.5 Å². The minimum atomic E-state index is -1.76. The summed E-state index contributed by atoms with van der Waals surface area (Å²) < 4.78 is 6.04. The fraction of sp³-hybridized carbons (Fsp3) is 0.281. The number of aliphatic hydroxyl groups excluding tert-OH is 1. The molecule has 2 aromatic carbocycles. The molecule has 2 aliphatic heterocycles. The van der Waals surface area contributed by atoms with Gasteiger partial charge in [0, 0.05) is 6.20 Å². The second-order valence-corrected chi connectivity index (χ2v) is 11.5. The summed E-state index contributed by atoms with van der Waals surface area (Å²) in [6.07, 6.45) is 4.18. The van der Waals surface area contributed by atoms with E-state index in [1.165, 1.54) is 12.1 Å². The summed E-state index contributed by atoms with van der Waals surface area (Å²) in [5, 5.41) is 50.6. The van der Waals surface area contributed by atoms with Crippen molar-refractivity contribution in [1.29, 1.82) is 0 Å². The average molecular weight is 594 g/mol. The Morgan fingerprint density at radius 1 is 1.05 bits per heavy atom. The van der Waals surface area contributed by atoms with Gasteiger partial charge in [0.1, 0.15) is 5.75 Å². The highest BCUT2D eigenvalue weighted by Crippen LogP contribution is 2.51. The van der Waals surface area contributed by atoms with Gasteiger partial charge in [-0.15, -0.1) is 0 Å². The summed E-state index contributed by atoms with van der Waals surface area (Å²) in [7, 11) is -2.94. The predicted octanol–water partition coefficient (Wildman–Crippen LogP) is 1.78. The molecule has 1 aromatic heterocycles. The van der Waals surface area contributed by atoms with Gasteiger partial charge in [0.15, 0.2) is 0 Å². The van der Waals surface area contributed by atoms with Gasteiger partial charge in [-0.05, 0) is 102 Å². The number of carbonyl (C=O) groups is 2. The number of nitrogens with zero attached hydrogens (tertiary/aromatic N) is 2. The minimum Gasteiger partial charge on any atom is -0.508 e. The van der Waals surface area contributed by atoms with E-state index < -0.39 is 49.9 Å². The van der Waals surface area contributed by atoms with E-state index in [-0.39, 0.29) is 36.2 Å². The number of pyridine rings is 1. The smallest absolute Gasteiger partial charge is 0.488 e. The Balaban J connectivity index is 1.31. The molecule has 224 valence electrons. The number of allylic oxidation sites excluding steroid dienone is 1. The van der Waals surface area contributed by atoms with E-state index >= 15 is 0 Å². The first-order valence-electron chi connectivity index (χ1n) is 14.7. The highest BCUT2D eigenvalue weighted by molar-refractivity contribution is 6.58. The molecule has 44 heavy (non-hydrogen) atoms. The van der Waals surface area contributed by atoms with Gasteiger partial charge in [-0.2, -0.15) is 0 Å². The SMILES string of the molecule is O=C1[C@@H]2[C@@H](CC(CO)=C3[C@@H](CC/C(=C/c4cccc(O)c4)c4ccccn4)OB(O)C[C@@H]32)C(=O)N1c1cccc(B(O)O)c1. The van der Waals surface area contributed by atoms with Crippen LogP contribution >= 0.6 is 0 Å². The van der Waals surface area contributed by atoms with Crippen LogP contribution in [0.4, 0.5) is 5.69 Å². The first kappa shape index (κ1) is 30.0. The van der Waals surface area contributed by atoms with Gasteiger partial charge in [0.2, 0.25) is 11.8 Å². The number of hydrogen-bond donors (Lipinski definition) is 5. The molecule has 3 aromatic rings. The van der Waals surface area contributed by atoms with Gasteiger partial charge in [0.05, 0.1) is 35.9 Å². The Morgan fingerprint density at radius 2 is 1.86 bits per heavy atom. The molecule has 1 aliphatic carbocycles. The number of benzene rings is 2. The van der Waals surface area contributed by atoms with Crippen LogP contribution in [0.2, 0.25) is 6.32 Å². The molecule has 0 saturated carbocycles. The molecular formula is C32H32B2N2O8. The van der Waals surface area contributed by atoms with E-state index in [4.69, 9.17) is 4.65 Å². The number of aromatic nitrogens is 1. The number of imide groups is 1. The largest absolute Gasteiger partial charge is 0.508 e. The van der Waals surface area contributed by atoms with Crippen molar-refractivity contribution in [1.82, 2.24) is 4.98 Å². The number of anilines is 1. The third-order valence-corrected chi connectivity index (χ3v) is 8.81. The summed E-state index contributed by atoms with van der Waals surface area (Å²) in [5.41, 5.74) is 4.18. The van der Waals surface area contributed by atoms with Crippen LogP contribution in [0.5, 0.6) is 5.75 Å². The van der Waals surface area contributed by atoms with Crippen molar-refractivity contribution in [3.63, 3.8) is 0 Å². The lowest BCUT2D eigenvalue weighted by Crippen LogP contribution is -2.46. The third kappa shape index (κ3) is 5.74. The van der Waals surface area contributed by atoms with Gasteiger partial charge in [-0.25, -0.2) is 0 Å². The molecule has 0 spiro atoms. The number of carbonyl (C=O) groups excluding carboxylic acids is 2. The maximum absolute atomic E-state index is 13.9. The van der Waals surface area contributed by atoms with E-state index in [1.54, 1.807) is 36.5 Å². The van der Waals surface area contributed by atoms with Crippen LogP contribution in [0.3, 0.4) is 0 Å². The normalized spacial score (nSPS) is 23.6. The van der Waals surface area contributed by atoms with Crippen LogP contribution in [0.25, 0.3) is 11.6 Å². The number of aromatic hydroxyl groups is 1. The Labute approximate surface area is 255 Å². The molecule has 0 unspecified atom stereocenters. The zero-order chi connectivity index (χ0) is 31.0. The first-order valence-corrected chi connectivity index (χ1v) is 14.7. The second kappa shape index (κ2) is 12.5. The molecule has 10 nitrogen and oxygen atoms in total. The topological polar surface area (TPSA) is 161 Å². The first-order chi connectivity index (χ1) is 21.2. The van der Waals surface area contributed by atoms with E-state index in [2.05, 4.69) is 4.98 Å². The molecule has 0 bridgehead atoms. The molecule has 2 saturated heterocycles. The van der Waals surface area contributed by atoms with Gasteiger partial charge in [-0.1, -0.05) is 30.3 Å². The van der Waals surface area contributed by atoms with E-state index in [1.807, 2.05) is 30.3 Å². The van der Waals surface area contributed by atoms with Crippen molar-refractivity contribution >= 4 is 48.9 Å². The monoisotopic (exact) mass is 594 g/mol. The van der Waals surface area contributed by atoms with E-state index in [0.717, 1.165) is 27.3 Å². The molecule has 3 aliphatic rings. The van der Waals surface area contributed by atoms with Crippen molar-refractivity contribution in [3.05, 3.63) is 95.3 Å². The lowest BCUT2D eigenvalue weighted by atomic mass is 9.58. The summed E-state index contributed by atoms with van der Waals surface area (Å²) in [5.74, 6) is -2.70. The Morgan fingerprint density at radius 3 is 2.59 bits per heavy atom. The molecule has 6 rings (SSSR count). The maximum atomic E-state index is 13.9. The van der Waals surface area contributed by atoms with Gasteiger partial charge < -0.3 is 29.9 Å². The molecule has 3 heterocycles. The Hall–Kier alpha value is -4.06. The van der Waals surface area contributed by atoms with Gasteiger partial charge in [-0.3, -0.25) is 19.5 Å². The van der Waals surface area contributed by atoms with Crippen LogP contribution in [-0.2, 0) is 14.2 Å². The zero-order valence-corrected chi connectivity index (χ0v) is 23.9. The highest BCUT2D eigenvalue weighted by Gasteiger charge is 2.57.